The fraction of sp³-hybridized carbons (Fsp3) is 0.296. The molecule has 0 aliphatic rings. The molecule has 2 aromatic heterocycles. The summed E-state index contributed by atoms with van der Waals surface area (Å²) >= 11 is 6.24. The molecule has 0 aliphatic carbocycles. The fourth-order valence-electron chi connectivity index (χ4n) is 4.17. The summed E-state index contributed by atoms with van der Waals surface area (Å²) in [5.41, 5.74) is 4.07. The molecule has 9 heteroatoms. The van der Waals surface area contributed by atoms with E-state index in [1.54, 1.807) is 12.1 Å². The van der Waals surface area contributed by atoms with Crippen molar-refractivity contribution in [1.82, 2.24) is 9.55 Å². The van der Waals surface area contributed by atoms with Crippen molar-refractivity contribution in [1.29, 1.82) is 0 Å². The van der Waals surface area contributed by atoms with E-state index in [-0.39, 0.29) is 23.0 Å². The van der Waals surface area contributed by atoms with Gasteiger partial charge in [-0.05, 0) is 79.8 Å². The van der Waals surface area contributed by atoms with Crippen LogP contribution < -0.4 is 10.9 Å². The van der Waals surface area contributed by atoms with E-state index in [0.29, 0.717) is 21.1 Å². The second-order valence-corrected chi connectivity index (χ2v) is 11.5. The van der Waals surface area contributed by atoms with Gasteiger partial charge in [0.1, 0.15) is 10.6 Å². The van der Waals surface area contributed by atoms with Crippen LogP contribution in [-0.4, -0.2) is 21.2 Å². The van der Waals surface area contributed by atoms with E-state index in [9.17, 15) is 14.0 Å². The summed E-state index contributed by atoms with van der Waals surface area (Å²) in [5, 5.41) is 4.02. The molecule has 36 heavy (non-hydrogen) atoms. The average molecular weight is 589 g/mol. The number of aromatic nitrogens is 2. The number of hydrogen-bond donors (Lipinski definition) is 1. The van der Waals surface area contributed by atoms with Gasteiger partial charge in [0.2, 0.25) is 5.91 Å². The summed E-state index contributed by atoms with van der Waals surface area (Å²) in [7, 11) is 0. The van der Waals surface area contributed by atoms with Crippen molar-refractivity contribution in [2.75, 3.05) is 11.1 Å². The molecule has 0 saturated heterocycles. The van der Waals surface area contributed by atoms with Gasteiger partial charge in [-0.3, -0.25) is 14.2 Å². The molecule has 0 spiro atoms. The number of fused-ring (bicyclic) bond motifs is 1. The lowest BCUT2D eigenvalue weighted by Crippen LogP contribution is -2.23. The van der Waals surface area contributed by atoms with Crippen LogP contribution in [-0.2, 0) is 17.6 Å². The van der Waals surface area contributed by atoms with Gasteiger partial charge in [-0.1, -0.05) is 48.0 Å². The monoisotopic (exact) mass is 587 g/mol. The van der Waals surface area contributed by atoms with Crippen LogP contribution in [0.3, 0.4) is 0 Å². The lowest BCUT2D eigenvalue weighted by atomic mass is 10.1. The predicted molar refractivity (Wildman–Crippen MR) is 152 cm³/mol. The standard InChI is InChI=1S/C27H27BrFN3O2S2/c1-5-7-21-16(4)23-25(36-21)31-27(32(26(23)34)20-10-8-19(29)9-11-20)35-14-22(33)30-24-15(3)12-18(28)13-17(24)6-2/h8-13H,5-7,14H2,1-4H3,(H,30,33). The number of halogens is 2. The van der Waals surface area contributed by atoms with Crippen molar-refractivity contribution in [3.63, 3.8) is 0 Å². The summed E-state index contributed by atoms with van der Waals surface area (Å²) in [5.74, 6) is -0.499. The summed E-state index contributed by atoms with van der Waals surface area (Å²) in [6.07, 6.45) is 2.63. The molecule has 2 heterocycles. The smallest absolute Gasteiger partial charge is 0.267 e. The number of thioether (sulfide) groups is 1. The quantitative estimate of drug-likeness (QED) is 0.175. The van der Waals surface area contributed by atoms with Gasteiger partial charge in [0.15, 0.2) is 5.16 Å². The van der Waals surface area contributed by atoms with Crippen LogP contribution in [0.25, 0.3) is 15.9 Å². The SMILES string of the molecule is CCCc1sc2nc(SCC(=O)Nc3c(C)cc(Br)cc3CC)n(-c3ccc(F)cc3)c(=O)c2c1C. The van der Waals surface area contributed by atoms with E-state index in [2.05, 4.69) is 28.2 Å². The molecule has 5 nitrogen and oxygen atoms in total. The minimum Gasteiger partial charge on any atom is -0.325 e. The fourth-order valence-corrected chi connectivity index (χ4v) is 6.92. The third kappa shape index (κ3) is 5.43. The summed E-state index contributed by atoms with van der Waals surface area (Å²) in [6, 6.07) is 9.72. The van der Waals surface area contributed by atoms with E-state index >= 15 is 0 Å². The number of nitrogens with zero attached hydrogens (tertiary/aromatic N) is 2. The number of rotatable bonds is 8. The third-order valence-electron chi connectivity index (χ3n) is 5.95. The normalized spacial score (nSPS) is 11.3. The van der Waals surface area contributed by atoms with Crippen molar-refractivity contribution in [2.45, 2.75) is 52.1 Å². The lowest BCUT2D eigenvalue weighted by molar-refractivity contribution is -0.113. The van der Waals surface area contributed by atoms with Gasteiger partial charge in [0.25, 0.3) is 5.56 Å². The Kier molecular flexibility index (Phi) is 8.32. The molecular formula is C27H27BrFN3O2S2. The minimum absolute atomic E-state index is 0.0734. The topological polar surface area (TPSA) is 64.0 Å². The van der Waals surface area contributed by atoms with Gasteiger partial charge in [-0.15, -0.1) is 11.3 Å². The van der Waals surface area contributed by atoms with E-state index in [1.165, 1.54) is 39.8 Å². The second kappa shape index (κ2) is 11.3. The van der Waals surface area contributed by atoms with Crippen LogP contribution in [0.2, 0.25) is 0 Å². The Morgan fingerprint density at radius 3 is 2.58 bits per heavy atom. The number of thiophene rings is 1. The Morgan fingerprint density at radius 1 is 1.19 bits per heavy atom. The summed E-state index contributed by atoms with van der Waals surface area (Å²) < 4.78 is 16.1. The number of anilines is 1. The third-order valence-corrected chi connectivity index (χ3v) is 8.60. The minimum atomic E-state index is -0.386. The van der Waals surface area contributed by atoms with Crippen molar-refractivity contribution in [3.8, 4) is 5.69 Å². The molecule has 0 atom stereocenters. The lowest BCUT2D eigenvalue weighted by Gasteiger charge is -2.15. The molecule has 2 aromatic carbocycles. The summed E-state index contributed by atoms with van der Waals surface area (Å²) in [4.78, 5) is 33.3. The average Bonchev–Trinajstić information content (AvgIpc) is 3.15. The molecule has 0 saturated carbocycles. The van der Waals surface area contributed by atoms with Crippen LogP contribution >= 0.6 is 39.0 Å². The first-order valence-electron chi connectivity index (χ1n) is 11.8. The zero-order valence-electron chi connectivity index (χ0n) is 20.6. The molecule has 0 bridgehead atoms. The Hall–Kier alpha value is -2.49. The van der Waals surface area contributed by atoms with Gasteiger partial charge in [-0.2, -0.15) is 0 Å². The van der Waals surface area contributed by atoms with Crippen LogP contribution in [0.1, 0.15) is 41.8 Å². The number of benzene rings is 2. The highest BCUT2D eigenvalue weighted by Gasteiger charge is 2.20. The van der Waals surface area contributed by atoms with Crippen LogP contribution in [0.5, 0.6) is 0 Å². The first kappa shape index (κ1) is 26.6. The largest absolute Gasteiger partial charge is 0.325 e. The first-order chi connectivity index (χ1) is 17.2. The Bertz CT molecular complexity index is 1500. The molecule has 4 rings (SSSR count). The van der Waals surface area contributed by atoms with Crippen LogP contribution in [0.15, 0.2) is 50.8 Å². The van der Waals surface area contributed by atoms with Crippen LogP contribution in [0, 0.1) is 19.7 Å². The molecule has 188 valence electrons. The molecular weight excluding hydrogens is 561 g/mol. The number of carbonyl (C=O) groups excluding carboxylic acids is 1. The molecule has 4 aromatic rings. The van der Waals surface area contributed by atoms with Crippen LogP contribution in [0.4, 0.5) is 10.1 Å². The number of amides is 1. The van der Waals surface area contributed by atoms with Crippen molar-refractivity contribution >= 4 is 60.8 Å². The van der Waals surface area contributed by atoms with E-state index in [4.69, 9.17) is 4.98 Å². The highest BCUT2D eigenvalue weighted by atomic mass is 79.9. The maximum absolute atomic E-state index is 13.7. The second-order valence-electron chi connectivity index (χ2n) is 8.54. The Balaban J connectivity index is 1.71. The van der Waals surface area contributed by atoms with Gasteiger partial charge in [0, 0.05) is 15.0 Å². The number of carbonyl (C=O) groups is 1. The Labute approximate surface area is 226 Å². The molecule has 1 N–H and O–H groups in total. The number of nitrogens with one attached hydrogen (secondary N) is 1. The number of hydrogen-bond acceptors (Lipinski definition) is 5. The highest BCUT2D eigenvalue weighted by molar-refractivity contribution is 9.10. The molecule has 0 fully saturated rings. The van der Waals surface area contributed by atoms with E-state index < -0.39 is 0 Å². The molecule has 0 unspecified atom stereocenters. The predicted octanol–water partition coefficient (Wildman–Crippen LogP) is 7.21. The van der Waals surface area contributed by atoms with Gasteiger partial charge in [-0.25, -0.2) is 9.37 Å². The highest BCUT2D eigenvalue weighted by Crippen LogP contribution is 2.32. The molecule has 1 amide bonds. The molecule has 0 radical (unpaired) electrons. The van der Waals surface area contributed by atoms with E-state index in [0.717, 1.165) is 51.0 Å². The van der Waals surface area contributed by atoms with Crippen molar-refractivity contribution < 1.29 is 9.18 Å². The maximum atomic E-state index is 13.7. The zero-order valence-corrected chi connectivity index (χ0v) is 23.8. The van der Waals surface area contributed by atoms with Crippen molar-refractivity contribution in [3.05, 3.63) is 78.6 Å². The number of aryl methyl sites for hydroxylation is 4. The Morgan fingerprint density at radius 2 is 1.92 bits per heavy atom. The van der Waals surface area contributed by atoms with Gasteiger partial charge in [0.05, 0.1) is 16.8 Å². The van der Waals surface area contributed by atoms with Gasteiger partial charge < -0.3 is 5.32 Å². The zero-order chi connectivity index (χ0) is 26.0. The van der Waals surface area contributed by atoms with Crippen molar-refractivity contribution in [2.24, 2.45) is 0 Å². The first-order valence-corrected chi connectivity index (χ1v) is 14.4. The maximum Gasteiger partial charge on any atom is 0.267 e. The van der Waals surface area contributed by atoms with E-state index in [1.807, 2.05) is 32.9 Å². The summed E-state index contributed by atoms with van der Waals surface area (Å²) in [6.45, 7) is 8.06. The van der Waals surface area contributed by atoms with Gasteiger partial charge >= 0.3 is 0 Å². The molecule has 0 aliphatic heterocycles.